The van der Waals surface area contributed by atoms with E-state index < -0.39 is 11.2 Å². The van der Waals surface area contributed by atoms with Crippen LogP contribution in [0.25, 0.3) is 0 Å². The fraction of sp³-hybridized carbons (Fsp3) is 0.455. The van der Waals surface area contributed by atoms with Crippen LogP contribution in [0.15, 0.2) is 21.2 Å². The highest BCUT2D eigenvalue weighted by Crippen LogP contribution is 2.10. The monoisotopic (exact) mass is 224 g/mol. The Morgan fingerprint density at radius 3 is 2.56 bits per heavy atom. The number of aromatic hydroxyl groups is 1. The van der Waals surface area contributed by atoms with Crippen LogP contribution in [-0.2, 0) is 13.0 Å². The minimum absolute atomic E-state index is 0.238. The Bertz CT molecular complexity index is 519. The number of nitrogens with zero attached hydrogens (tertiary/aromatic N) is 1. The number of H-pyrrole nitrogens is 1. The van der Waals surface area contributed by atoms with Gasteiger partial charge in [0.2, 0.25) is 5.88 Å². The third-order valence-electron chi connectivity index (χ3n) is 2.30. The highest BCUT2D eigenvalue weighted by molar-refractivity contribution is 5.22. The molecule has 5 heteroatoms. The van der Waals surface area contributed by atoms with Gasteiger partial charge in [-0.1, -0.05) is 18.6 Å². The zero-order valence-corrected chi connectivity index (χ0v) is 9.70. The Kier molecular flexibility index (Phi) is 3.71. The van der Waals surface area contributed by atoms with Crippen molar-refractivity contribution >= 4 is 0 Å². The Balaban J connectivity index is 3.34. The second-order valence-corrected chi connectivity index (χ2v) is 3.81. The first-order chi connectivity index (χ1) is 7.47. The van der Waals surface area contributed by atoms with E-state index in [0.29, 0.717) is 6.42 Å². The summed E-state index contributed by atoms with van der Waals surface area (Å²) in [5, 5.41) is 9.78. The average Bonchev–Trinajstić information content (AvgIpc) is 2.16. The van der Waals surface area contributed by atoms with Crippen LogP contribution < -0.4 is 11.2 Å². The molecule has 0 aliphatic heterocycles. The zero-order chi connectivity index (χ0) is 12.3. The largest absolute Gasteiger partial charge is 0.494 e. The molecule has 1 aromatic rings. The first-order valence-electron chi connectivity index (χ1n) is 5.15. The molecule has 1 aromatic heterocycles. The van der Waals surface area contributed by atoms with E-state index in [2.05, 4.69) is 4.98 Å². The minimum Gasteiger partial charge on any atom is -0.494 e. The second-order valence-electron chi connectivity index (χ2n) is 3.81. The Labute approximate surface area is 93.1 Å². The fourth-order valence-electron chi connectivity index (χ4n) is 1.36. The molecule has 0 fully saturated rings. The number of aromatic nitrogens is 2. The topological polar surface area (TPSA) is 75.1 Å². The van der Waals surface area contributed by atoms with E-state index in [0.717, 1.165) is 10.1 Å². The van der Waals surface area contributed by atoms with Gasteiger partial charge in [-0.3, -0.25) is 14.3 Å². The zero-order valence-electron chi connectivity index (χ0n) is 9.70. The van der Waals surface area contributed by atoms with Crippen molar-refractivity contribution in [3.05, 3.63) is 38.1 Å². The predicted octanol–water partition coefficient (Wildman–Crippen LogP) is 0.771. The second kappa shape index (κ2) is 4.83. The summed E-state index contributed by atoms with van der Waals surface area (Å²) in [7, 11) is 0. The molecule has 0 atom stereocenters. The summed E-state index contributed by atoms with van der Waals surface area (Å²) in [6.07, 6.45) is 2.19. The first-order valence-corrected chi connectivity index (χ1v) is 5.15. The van der Waals surface area contributed by atoms with Crippen LogP contribution in [0.3, 0.4) is 0 Å². The highest BCUT2D eigenvalue weighted by atomic mass is 16.3. The molecule has 0 saturated heterocycles. The van der Waals surface area contributed by atoms with Crippen LogP contribution in [0.5, 0.6) is 5.88 Å². The SMILES string of the molecule is CCc1c(O)n(CC=C(C)C)c(=O)[nH]c1=O. The van der Waals surface area contributed by atoms with Crippen molar-refractivity contribution in [2.75, 3.05) is 0 Å². The van der Waals surface area contributed by atoms with Crippen molar-refractivity contribution in [1.82, 2.24) is 9.55 Å². The molecule has 0 amide bonds. The molecule has 16 heavy (non-hydrogen) atoms. The summed E-state index contributed by atoms with van der Waals surface area (Å²) >= 11 is 0. The number of aromatic amines is 1. The summed E-state index contributed by atoms with van der Waals surface area (Å²) in [6.45, 7) is 5.81. The number of rotatable bonds is 3. The molecule has 0 spiro atoms. The van der Waals surface area contributed by atoms with Crippen molar-refractivity contribution in [2.24, 2.45) is 0 Å². The molecule has 0 aliphatic carbocycles. The van der Waals surface area contributed by atoms with E-state index in [4.69, 9.17) is 0 Å². The van der Waals surface area contributed by atoms with Crippen molar-refractivity contribution in [3.63, 3.8) is 0 Å². The summed E-state index contributed by atoms with van der Waals surface area (Å²) in [4.78, 5) is 25.0. The lowest BCUT2D eigenvalue weighted by Crippen LogP contribution is -2.31. The fourth-order valence-corrected chi connectivity index (χ4v) is 1.36. The van der Waals surface area contributed by atoms with Gasteiger partial charge in [0, 0.05) is 6.54 Å². The van der Waals surface area contributed by atoms with E-state index in [1.807, 2.05) is 13.8 Å². The van der Waals surface area contributed by atoms with E-state index in [1.165, 1.54) is 0 Å². The molecule has 5 nitrogen and oxygen atoms in total. The molecule has 0 aromatic carbocycles. The van der Waals surface area contributed by atoms with Crippen LogP contribution in [0.1, 0.15) is 26.3 Å². The van der Waals surface area contributed by atoms with Gasteiger partial charge in [0.15, 0.2) is 0 Å². The van der Waals surface area contributed by atoms with E-state index >= 15 is 0 Å². The molecule has 0 bridgehead atoms. The van der Waals surface area contributed by atoms with Gasteiger partial charge in [0.25, 0.3) is 5.56 Å². The Morgan fingerprint density at radius 2 is 2.06 bits per heavy atom. The minimum atomic E-state index is -0.586. The van der Waals surface area contributed by atoms with Crippen molar-refractivity contribution in [1.29, 1.82) is 0 Å². The van der Waals surface area contributed by atoms with E-state index in [9.17, 15) is 14.7 Å². The Hall–Kier alpha value is -1.78. The number of allylic oxidation sites excluding steroid dienone is 2. The summed E-state index contributed by atoms with van der Waals surface area (Å²) in [5.41, 5.74) is 0.174. The molecule has 0 saturated carbocycles. The average molecular weight is 224 g/mol. The molecule has 0 unspecified atom stereocenters. The van der Waals surface area contributed by atoms with Gasteiger partial charge in [-0.2, -0.15) is 0 Å². The smallest absolute Gasteiger partial charge is 0.331 e. The number of hydrogen-bond donors (Lipinski definition) is 2. The molecular weight excluding hydrogens is 208 g/mol. The maximum absolute atomic E-state index is 11.5. The first kappa shape index (κ1) is 12.3. The molecule has 2 N–H and O–H groups in total. The third-order valence-corrected chi connectivity index (χ3v) is 2.30. The molecule has 1 heterocycles. The predicted molar refractivity (Wildman–Crippen MR) is 61.8 cm³/mol. The maximum atomic E-state index is 11.5. The molecule has 0 radical (unpaired) electrons. The molecular formula is C11H16N2O3. The number of nitrogens with one attached hydrogen (secondary N) is 1. The summed E-state index contributed by atoms with van der Waals surface area (Å²) in [6, 6.07) is 0. The molecule has 1 rings (SSSR count). The maximum Gasteiger partial charge on any atom is 0.331 e. The third kappa shape index (κ3) is 2.42. The normalized spacial score (nSPS) is 10.2. The Morgan fingerprint density at radius 1 is 1.44 bits per heavy atom. The van der Waals surface area contributed by atoms with E-state index in [1.54, 1.807) is 13.0 Å². The van der Waals surface area contributed by atoms with Gasteiger partial charge in [0.05, 0.1) is 5.56 Å². The van der Waals surface area contributed by atoms with Gasteiger partial charge in [0.1, 0.15) is 0 Å². The van der Waals surface area contributed by atoms with Crippen LogP contribution in [0, 0.1) is 0 Å². The van der Waals surface area contributed by atoms with Gasteiger partial charge in [-0.15, -0.1) is 0 Å². The van der Waals surface area contributed by atoms with E-state index in [-0.39, 0.29) is 18.0 Å². The van der Waals surface area contributed by atoms with Crippen molar-refractivity contribution < 1.29 is 5.11 Å². The van der Waals surface area contributed by atoms with Gasteiger partial charge in [-0.05, 0) is 20.3 Å². The lowest BCUT2D eigenvalue weighted by atomic mass is 10.2. The van der Waals surface area contributed by atoms with Gasteiger partial charge >= 0.3 is 5.69 Å². The van der Waals surface area contributed by atoms with Gasteiger partial charge in [-0.25, -0.2) is 4.79 Å². The highest BCUT2D eigenvalue weighted by Gasteiger charge is 2.10. The van der Waals surface area contributed by atoms with Gasteiger partial charge < -0.3 is 5.11 Å². The quantitative estimate of drug-likeness (QED) is 0.745. The number of hydrogen-bond acceptors (Lipinski definition) is 3. The van der Waals surface area contributed by atoms with Crippen LogP contribution in [0.2, 0.25) is 0 Å². The van der Waals surface area contributed by atoms with Crippen molar-refractivity contribution in [2.45, 2.75) is 33.7 Å². The molecule has 88 valence electrons. The summed E-state index contributed by atoms with van der Waals surface area (Å²) < 4.78 is 1.15. The van der Waals surface area contributed by atoms with Crippen LogP contribution in [-0.4, -0.2) is 14.7 Å². The summed E-state index contributed by atoms with van der Waals surface area (Å²) in [5.74, 6) is -0.242. The lowest BCUT2D eigenvalue weighted by Gasteiger charge is -2.08. The standard InChI is InChI=1S/C11H16N2O3/c1-4-8-9(14)12-11(16)13(10(8)15)6-5-7(2)3/h5,15H,4,6H2,1-3H3,(H,12,14,16). The van der Waals surface area contributed by atoms with Crippen LogP contribution >= 0.6 is 0 Å². The molecule has 0 aliphatic rings. The van der Waals surface area contributed by atoms with Crippen LogP contribution in [0.4, 0.5) is 0 Å². The van der Waals surface area contributed by atoms with Crippen molar-refractivity contribution in [3.8, 4) is 5.88 Å². The lowest BCUT2D eigenvalue weighted by molar-refractivity contribution is 0.403.